The van der Waals surface area contributed by atoms with Crippen LogP contribution in [0.3, 0.4) is 0 Å². The maximum Gasteiger partial charge on any atom is 0.280 e. The van der Waals surface area contributed by atoms with Gasteiger partial charge in [-0.2, -0.15) is 5.21 Å². The van der Waals surface area contributed by atoms with Crippen LogP contribution >= 0.6 is 12.2 Å². The molecule has 0 saturated heterocycles. The van der Waals surface area contributed by atoms with E-state index in [0.717, 1.165) is 47.3 Å². The largest absolute Gasteiger partial charge is 0.318 e. The van der Waals surface area contributed by atoms with Crippen molar-refractivity contribution in [2.24, 2.45) is 7.05 Å². The van der Waals surface area contributed by atoms with Crippen molar-refractivity contribution in [2.45, 2.75) is 32.7 Å². The van der Waals surface area contributed by atoms with Gasteiger partial charge < -0.3 is 9.55 Å². The van der Waals surface area contributed by atoms with Crippen LogP contribution in [0.5, 0.6) is 0 Å². The number of unbranched alkanes of at least 4 members (excludes halogenated alkanes) is 1. The van der Waals surface area contributed by atoms with Crippen LogP contribution in [-0.4, -0.2) is 39.7 Å². The highest BCUT2D eigenvalue weighted by Crippen LogP contribution is 2.31. The molecule has 9 nitrogen and oxygen atoms in total. The molecule has 0 fully saturated rings. The zero-order chi connectivity index (χ0) is 23.7. The van der Waals surface area contributed by atoms with E-state index in [4.69, 9.17) is 17.2 Å². The van der Waals surface area contributed by atoms with Crippen LogP contribution in [0.4, 0.5) is 0 Å². The normalized spacial score (nSPS) is 11.4. The lowest BCUT2D eigenvalue weighted by molar-refractivity contribution is 0.686. The number of H-pyrrole nitrogens is 2. The lowest BCUT2D eigenvalue weighted by Crippen LogP contribution is -2.21. The smallest absolute Gasteiger partial charge is 0.280 e. The Bertz CT molecular complexity index is 1560. The molecule has 0 bridgehead atoms. The van der Waals surface area contributed by atoms with Gasteiger partial charge in [-0.05, 0) is 46.6 Å². The third-order valence-corrected chi connectivity index (χ3v) is 6.31. The Balaban J connectivity index is 1.65. The van der Waals surface area contributed by atoms with Crippen molar-refractivity contribution in [3.8, 4) is 22.5 Å². The number of rotatable bonds is 7. The minimum Gasteiger partial charge on any atom is -0.318 e. The van der Waals surface area contributed by atoms with Crippen molar-refractivity contribution in [3.63, 3.8) is 0 Å². The number of nitrogens with one attached hydrogen (secondary N) is 2. The molecule has 0 saturated carbocycles. The Morgan fingerprint density at radius 1 is 1.09 bits per heavy atom. The Hall–Kier alpha value is -3.92. The van der Waals surface area contributed by atoms with E-state index >= 15 is 0 Å². The molecule has 0 radical (unpaired) electrons. The van der Waals surface area contributed by atoms with Gasteiger partial charge in [-0.3, -0.25) is 9.36 Å². The number of hydrogen-bond donors (Lipinski definition) is 2. The summed E-state index contributed by atoms with van der Waals surface area (Å²) in [4.78, 5) is 21.0. The highest BCUT2D eigenvalue weighted by atomic mass is 32.1. The summed E-state index contributed by atoms with van der Waals surface area (Å²) in [7, 11) is 1.67. The average Bonchev–Trinajstić information content (AvgIpc) is 3.50. The van der Waals surface area contributed by atoms with Gasteiger partial charge in [0.25, 0.3) is 5.56 Å². The second-order valence-electron chi connectivity index (χ2n) is 8.19. The quantitative estimate of drug-likeness (QED) is 0.346. The molecule has 0 amide bonds. The highest BCUT2D eigenvalue weighted by Gasteiger charge is 2.18. The minimum atomic E-state index is -0.159. The summed E-state index contributed by atoms with van der Waals surface area (Å²) in [6.45, 7) is 2.62. The molecule has 0 unspecified atom stereocenters. The summed E-state index contributed by atoms with van der Waals surface area (Å²) < 4.78 is 3.80. The summed E-state index contributed by atoms with van der Waals surface area (Å²) in [5.41, 5.74) is 4.83. The predicted octanol–water partition coefficient (Wildman–Crippen LogP) is 4.03. The van der Waals surface area contributed by atoms with Crippen LogP contribution in [0.25, 0.3) is 33.7 Å². The lowest BCUT2D eigenvalue weighted by atomic mass is 9.97. The van der Waals surface area contributed by atoms with Gasteiger partial charge in [-0.15, -0.1) is 10.2 Å². The summed E-state index contributed by atoms with van der Waals surface area (Å²) in [5, 5.41) is 14.7. The number of benzene rings is 2. The van der Waals surface area contributed by atoms with Crippen LogP contribution in [0.15, 0.2) is 53.3 Å². The molecule has 0 aliphatic rings. The lowest BCUT2D eigenvalue weighted by Gasteiger charge is -2.13. The molecule has 34 heavy (non-hydrogen) atoms. The standard InChI is InChI=1S/C24H24N8OS/c1-3-4-10-19-25-22-20(23(33)31(2)24(34)26-22)32(19)14-15-11-12-17(16-8-6-5-7-9-16)18(13-15)21-27-29-30-28-21/h5-9,11-13H,3-4,10,14H2,1-2H3,(H,26,34)(H,27,28,29,30). The molecule has 2 aromatic carbocycles. The molecule has 0 aliphatic heterocycles. The Morgan fingerprint density at radius 2 is 1.91 bits per heavy atom. The maximum atomic E-state index is 13.1. The number of aryl methyl sites for hydroxylation is 1. The van der Waals surface area contributed by atoms with E-state index in [2.05, 4.69) is 62.9 Å². The van der Waals surface area contributed by atoms with E-state index in [-0.39, 0.29) is 5.56 Å². The van der Waals surface area contributed by atoms with Gasteiger partial charge in [0.2, 0.25) is 5.82 Å². The molecule has 10 heteroatoms. The molecule has 3 aromatic heterocycles. The number of aromatic nitrogens is 8. The van der Waals surface area contributed by atoms with Crippen LogP contribution in [0.1, 0.15) is 31.2 Å². The van der Waals surface area contributed by atoms with Crippen LogP contribution < -0.4 is 5.56 Å². The first-order valence-corrected chi connectivity index (χ1v) is 11.6. The summed E-state index contributed by atoms with van der Waals surface area (Å²) >= 11 is 5.30. The molecule has 0 atom stereocenters. The molecule has 5 rings (SSSR count). The minimum absolute atomic E-state index is 0.159. The van der Waals surface area contributed by atoms with E-state index < -0.39 is 0 Å². The van der Waals surface area contributed by atoms with Crippen LogP contribution in [0, 0.1) is 4.77 Å². The van der Waals surface area contributed by atoms with Gasteiger partial charge in [-0.1, -0.05) is 55.8 Å². The van der Waals surface area contributed by atoms with Crippen molar-refractivity contribution < 1.29 is 0 Å². The molecular weight excluding hydrogens is 448 g/mol. The van der Waals surface area contributed by atoms with Gasteiger partial charge in [0, 0.05) is 25.6 Å². The zero-order valence-corrected chi connectivity index (χ0v) is 19.8. The van der Waals surface area contributed by atoms with Crippen molar-refractivity contribution >= 4 is 23.4 Å². The third-order valence-electron chi connectivity index (χ3n) is 5.93. The summed E-state index contributed by atoms with van der Waals surface area (Å²) in [5.74, 6) is 1.38. The Morgan fingerprint density at radius 3 is 2.65 bits per heavy atom. The van der Waals surface area contributed by atoms with E-state index in [9.17, 15) is 4.79 Å². The topological polar surface area (TPSA) is 110 Å². The van der Waals surface area contributed by atoms with Crippen molar-refractivity contribution in [1.82, 2.24) is 39.7 Å². The predicted molar refractivity (Wildman–Crippen MR) is 133 cm³/mol. The maximum absolute atomic E-state index is 13.1. The van der Waals surface area contributed by atoms with Crippen molar-refractivity contribution in [3.05, 3.63) is 75.0 Å². The first kappa shape index (κ1) is 21.9. The molecule has 5 aromatic rings. The van der Waals surface area contributed by atoms with E-state index in [1.807, 2.05) is 22.8 Å². The molecular formula is C24H24N8OS. The van der Waals surface area contributed by atoms with E-state index in [1.165, 1.54) is 4.57 Å². The van der Waals surface area contributed by atoms with Gasteiger partial charge in [0.05, 0.1) is 0 Å². The number of imidazole rings is 1. The highest BCUT2D eigenvalue weighted by molar-refractivity contribution is 7.71. The number of tetrazole rings is 1. The first-order chi connectivity index (χ1) is 16.6. The Kier molecular flexibility index (Phi) is 5.89. The third kappa shape index (κ3) is 3.96. The first-order valence-electron chi connectivity index (χ1n) is 11.2. The van der Waals surface area contributed by atoms with Gasteiger partial charge in [0.15, 0.2) is 15.9 Å². The average molecular weight is 473 g/mol. The molecule has 0 aliphatic carbocycles. The summed E-state index contributed by atoms with van der Waals surface area (Å²) in [6.07, 6.45) is 2.78. The van der Waals surface area contributed by atoms with E-state index in [0.29, 0.717) is 28.3 Å². The number of aromatic amines is 2. The van der Waals surface area contributed by atoms with Crippen LogP contribution in [-0.2, 0) is 20.0 Å². The Labute approximate surface area is 200 Å². The second-order valence-corrected chi connectivity index (χ2v) is 8.58. The molecule has 3 heterocycles. The van der Waals surface area contributed by atoms with E-state index in [1.54, 1.807) is 7.05 Å². The number of fused-ring (bicyclic) bond motifs is 1. The molecule has 172 valence electrons. The van der Waals surface area contributed by atoms with Crippen LogP contribution in [0.2, 0.25) is 0 Å². The van der Waals surface area contributed by atoms with Crippen molar-refractivity contribution in [2.75, 3.05) is 0 Å². The number of nitrogens with zero attached hydrogens (tertiary/aromatic N) is 6. The van der Waals surface area contributed by atoms with Crippen molar-refractivity contribution in [1.29, 1.82) is 0 Å². The fourth-order valence-electron chi connectivity index (χ4n) is 4.14. The fourth-order valence-corrected chi connectivity index (χ4v) is 4.32. The van der Waals surface area contributed by atoms with Gasteiger partial charge in [-0.25, -0.2) is 4.98 Å². The SMILES string of the molecule is CCCCc1nc2[nH]c(=S)n(C)c(=O)c2n1Cc1ccc(-c2ccccc2)c(-c2nn[nH]n2)c1. The second kappa shape index (κ2) is 9.14. The number of hydrogen-bond acceptors (Lipinski definition) is 6. The zero-order valence-electron chi connectivity index (χ0n) is 18.9. The monoisotopic (exact) mass is 472 g/mol. The molecule has 0 spiro atoms. The summed E-state index contributed by atoms with van der Waals surface area (Å²) in [6, 6.07) is 16.3. The molecule has 2 N–H and O–H groups in total. The van der Waals surface area contributed by atoms with Gasteiger partial charge >= 0.3 is 0 Å². The van der Waals surface area contributed by atoms with Gasteiger partial charge in [0.1, 0.15) is 5.82 Å². The fraction of sp³-hybridized carbons (Fsp3) is 0.250.